The molecule has 0 atom stereocenters. The average molecular weight is 1000 g/mol. The maximum absolute atomic E-state index is 6.63. The van der Waals surface area contributed by atoms with Gasteiger partial charge in [0.15, 0.2) is 0 Å². The second kappa shape index (κ2) is 16.4. The van der Waals surface area contributed by atoms with Crippen LogP contribution in [-0.4, -0.2) is 9.55 Å². The van der Waals surface area contributed by atoms with Crippen LogP contribution in [0.5, 0.6) is 11.5 Å². The first-order valence-corrected chi connectivity index (χ1v) is 21.4. The molecule has 7 aromatic carbocycles. The molecule has 6 heteroatoms. The van der Waals surface area contributed by atoms with Crippen molar-refractivity contribution in [3.8, 4) is 39.6 Å². The van der Waals surface area contributed by atoms with Gasteiger partial charge < -0.3 is 19.1 Å². The first-order chi connectivity index (χ1) is 29.9. The molecule has 2 aromatic heterocycles. The molecule has 1 aliphatic heterocycles. The minimum atomic E-state index is -0.0362. The second-order valence-corrected chi connectivity index (χ2v) is 18.4. The van der Waals surface area contributed by atoms with Gasteiger partial charge in [0.05, 0.1) is 0 Å². The van der Waals surface area contributed by atoms with Crippen LogP contribution in [0.3, 0.4) is 0 Å². The van der Waals surface area contributed by atoms with Gasteiger partial charge in [-0.3, -0.25) is 0 Å². The summed E-state index contributed by atoms with van der Waals surface area (Å²) in [5.74, 6) is 2.03. The van der Waals surface area contributed by atoms with Crippen molar-refractivity contribution in [2.24, 2.45) is 0 Å². The maximum atomic E-state index is 6.63. The fourth-order valence-electron chi connectivity index (χ4n) is 8.54. The Labute approximate surface area is 385 Å². The van der Waals surface area contributed by atoms with Gasteiger partial charge in [-0.1, -0.05) is 138 Å². The minimum absolute atomic E-state index is 0. The Hall–Kier alpha value is -6.42. The smallest absolute Gasteiger partial charge is 0.135 e. The van der Waals surface area contributed by atoms with Crippen molar-refractivity contribution in [3.05, 3.63) is 199 Å². The predicted molar refractivity (Wildman–Crippen MR) is 257 cm³/mol. The zero-order valence-corrected chi connectivity index (χ0v) is 39.0. The van der Waals surface area contributed by atoms with E-state index in [2.05, 4.69) is 221 Å². The van der Waals surface area contributed by atoms with Crippen molar-refractivity contribution in [2.75, 3.05) is 9.80 Å². The van der Waals surface area contributed by atoms with E-state index in [0.29, 0.717) is 11.5 Å². The van der Waals surface area contributed by atoms with Gasteiger partial charge in [0.2, 0.25) is 0 Å². The van der Waals surface area contributed by atoms with Gasteiger partial charge in [-0.2, -0.15) is 12.1 Å². The van der Waals surface area contributed by atoms with Crippen LogP contribution in [0.25, 0.3) is 49.9 Å². The van der Waals surface area contributed by atoms with E-state index in [1.807, 2.05) is 24.4 Å². The molecule has 0 saturated carbocycles. The number of nitrogens with zero attached hydrogens (tertiary/aromatic N) is 4. The zero-order valence-electron chi connectivity index (χ0n) is 36.7. The average Bonchev–Trinajstić information content (AvgIpc) is 3.82. The number of hydrogen-bond acceptors (Lipinski definition) is 4. The van der Waals surface area contributed by atoms with Crippen molar-refractivity contribution >= 4 is 44.6 Å². The summed E-state index contributed by atoms with van der Waals surface area (Å²) < 4.78 is 8.83. The third-order valence-electron chi connectivity index (χ3n) is 12.0. The van der Waals surface area contributed by atoms with Crippen LogP contribution >= 0.6 is 0 Å². The quantitative estimate of drug-likeness (QED) is 0.149. The van der Waals surface area contributed by atoms with Crippen LogP contribution < -0.4 is 14.5 Å². The molecule has 10 rings (SSSR count). The number of para-hydroxylation sites is 3. The number of hydrogen-bond donors (Lipinski definition) is 0. The van der Waals surface area contributed by atoms with Crippen LogP contribution in [0.2, 0.25) is 0 Å². The summed E-state index contributed by atoms with van der Waals surface area (Å²) in [5.41, 5.74) is 14.5. The Bertz CT molecular complexity index is 3140. The van der Waals surface area contributed by atoms with E-state index in [4.69, 9.17) is 9.72 Å². The van der Waals surface area contributed by atoms with Gasteiger partial charge in [0, 0.05) is 66.9 Å². The topological polar surface area (TPSA) is 33.5 Å². The van der Waals surface area contributed by atoms with Crippen molar-refractivity contribution in [2.45, 2.75) is 59.3 Å². The molecule has 0 amide bonds. The normalized spacial score (nSPS) is 12.7. The minimum Gasteiger partial charge on any atom is -0.509 e. The Morgan fingerprint density at radius 2 is 1.22 bits per heavy atom. The molecule has 316 valence electrons. The molecular weight excluding hydrogens is 952 g/mol. The Morgan fingerprint density at radius 3 is 1.98 bits per heavy atom. The monoisotopic (exact) mass is 1000 g/mol. The van der Waals surface area contributed by atoms with E-state index >= 15 is 0 Å². The molecule has 5 nitrogen and oxygen atoms in total. The molecule has 0 N–H and O–H groups in total. The van der Waals surface area contributed by atoms with E-state index in [-0.39, 0.29) is 31.9 Å². The van der Waals surface area contributed by atoms with Gasteiger partial charge in [-0.25, -0.2) is 4.98 Å². The van der Waals surface area contributed by atoms with Crippen LogP contribution in [-0.2, 0) is 31.9 Å². The fourth-order valence-corrected chi connectivity index (χ4v) is 8.54. The Balaban J connectivity index is 0.00000504. The number of anilines is 4. The Morgan fingerprint density at radius 1 is 0.556 bits per heavy atom. The third kappa shape index (κ3) is 7.96. The summed E-state index contributed by atoms with van der Waals surface area (Å²) in [6.45, 7) is 17.9. The first-order valence-electron chi connectivity index (χ1n) is 21.4. The molecule has 0 unspecified atom stereocenters. The van der Waals surface area contributed by atoms with Gasteiger partial charge >= 0.3 is 0 Å². The van der Waals surface area contributed by atoms with Crippen LogP contribution in [0.4, 0.5) is 22.7 Å². The van der Waals surface area contributed by atoms with Crippen LogP contribution in [0, 0.1) is 25.7 Å². The number of aromatic nitrogens is 2. The van der Waals surface area contributed by atoms with Crippen molar-refractivity contribution < 1.29 is 25.8 Å². The van der Waals surface area contributed by atoms with E-state index in [1.54, 1.807) is 0 Å². The van der Waals surface area contributed by atoms with E-state index in [0.717, 1.165) is 61.5 Å². The molecule has 0 aliphatic carbocycles. The molecule has 0 fully saturated rings. The summed E-state index contributed by atoms with van der Waals surface area (Å²) in [6.07, 6.45) is 2.01. The summed E-state index contributed by atoms with van der Waals surface area (Å²) in [5, 5.41) is 2.22. The van der Waals surface area contributed by atoms with E-state index in [9.17, 15) is 0 Å². The second-order valence-electron chi connectivity index (χ2n) is 18.4. The number of pyridine rings is 1. The van der Waals surface area contributed by atoms with Crippen LogP contribution in [0.1, 0.15) is 58.2 Å². The molecule has 0 spiro atoms. The fraction of sp³-hybridized carbons (Fsp3) is 0.158. The predicted octanol–water partition coefficient (Wildman–Crippen LogP) is 15.2. The SMILES string of the molecule is Cc1cc(-n2c3[c-]c(Oc4[c-]c(N5[CH-]N(c6cc(-c7ccccc7)cc(C(C)(C)C)c6)c6ccccc65)ccc4)ccc3c3ccccc32)ncc1-c1cccc(C(C)(C)C)c1.[Pt]. The third-order valence-corrected chi connectivity index (χ3v) is 12.0. The summed E-state index contributed by atoms with van der Waals surface area (Å²) in [7, 11) is 0. The summed E-state index contributed by atoms with van der Waals surface area (Å²) >= 11 is 0. The van der Waals surface area contributed by atoms with Gasteiger partial charge in [-0.15, -0.1) is 48.1 Å². The first kappa shape index (κ1) is 41.9. The molecule has 9 aromatic rings. The van der Waals surface area contributed by atoms with Crippen molar-refractivity contribution in [1.29, 1.82) is 0 Å². The molecule has 63 heavy (non-hydrogen) atoms. The van der Waals surface area contributed by atoms with Crippen molar-refractivity contribution in [1.82, 2.24) is 9.55 Å². The van der Waals surface area contributed by atoms with E-state index < -0.39 is 0 Å². The number of rotatable bonds is 7. The van der Waals surface area contributed by atoms with E-state index in [1.165, 1.54) is 27.8 Å². The maximum Gasteiger partial charge on any atom is 0.135 e. The zero-order chi connectivity index (χ0) is 42.8. The molecule has 0 saturated heterocycles. The van der Waals surface area contributed by atoms with Crippen molar-refractivity contribution in [3.63, 3.8) is 0 Å². The number of fused-ring (bicyclic) bond motifs is 4. The molecule has 1 aliphatic rings. The van der Waals surface area contributed by atoms with Gasteiger partial charge in [0.25, 0.3) is 0 Å². The number of ether oxygens (including phenoxy) is 1. The largest absolute Gasteiger partial charge is 0.509 e. The standard InChI is InChI=1S/C57H49N4O.Pt/c1-38-29-55(58-36-50(38)40-19-15-20-42(30-40)56(2,3)4)61-51-24-12-11-23-48(51)49-28-27-47(35-54(49)61)62-46-22-16-21-44(34-46)59-37-60(53-26-14-13-25-52(53)59)45-32-41(39-17-9-8-10-18-39)31-43(33-45)57(5,6)7;/h8-33,36-37H,1-7H3;/q-3;. The summed E-state index contributed by atoms with van der Waals surface area (Å²) in [4.78, 5) is 9.56. The summed E-state index contributed by atoms with van der Waals surface area (Å²) in [6, 6.07) is 62.9. The van der Waals surface area contributed by atoms with Gasteiger partial charge in [0.1, 0.15) is 5.82 Å². The Kier molecular flexibility index (Phi) is 10.9. The number of benzene rings is 7. The molecule has 0 bridgehead atoms. The molecule has 3 heterocycles. The van der Waals surface area contributed by atoms with Crippen LogP contribution in [0.15, 0.2) is 164 Å². The molecular formula is C57H49N4OPt-3. The van der Waals surface area contributed by atoms with Gasteiger partial charge in [-0.05, 0) is 92.9 Å². The number of aryl methyl sites for hydroxylation is 1. The molecule has 0 radical (unpaired) electrons.